The number of likely N-dealkylation sites (tertiary alicyclic amines) is 1. The number of nitrogens with one attached hydrogen (secondary N) is 2. The second-order valence-electron chi connectivity index (χ2n) is 13.3. The van der Waals surface area contributed by atoms with E-state index in [4.69, 9.17) is 10.5 Å². The number of hydrogen-bond acceptors (Lipinski definition) is 6. The van der Waals surface area contributed by atoms with Crippen LogP contribution in [0.3, 0.4) is 0 Å². The number of nitrogens with zero attached hydrogens (tertiary/aromatic N) is 1. The molecule has 3 fully saturated rings. The minimum Gasteiger partial charge on any atom is -0.444 e. The van der Waals surface area contributed by atoms with Crippen molar-refractivity contribution >= 4 is 29.6 Å². The summed E-state index contributed by atoms with van der Waals surface area (Å²) in [6.07, 6.45) is 1.52. The average Bonchev–Trinajstić information content (AvgIpc) is 3.55. The molecule has 4 amide bonds. The van der Waals surface area contributed by atoms with Crippen LogP contribution in [0.2, 0.25) is 0 Å². The lowest BCUT2D eigenvalue weighted by atomic mass is 9.85. The molecule has 4 N–H and O–H groups in total. The second-order valence-corrected chi connectivity index (χ2v) is 13.3. The largest absolute Gasteiger partial charge is 0.444 e. The molecule has 0 spiro atoms. The van der Waals surface area contributed by atoms with Crippen LogP contribution in [0.4, 0.5) is 4.79 Å². The number of fused-ring (bicyclic) bond motifs is 1. The topological polar surface area (TPSA) is 148 Å². The number of nitrogens with two attached hydrogens (primary N) is 1. The predicted octanol–water partition coefficient (Wildman–Crippen LogP) is 1.75. The van der Waals surface area contributed by atoms with Gasteiger partial charge in [-0.1, -0.05) is 47.5 Å². The highest BCUT2D eigenvalue weighted by molar-refractivity contribution is 6.37. The Morgan fingerprint density at radius 2 is 1.61 bits per heavy atom. The summed E-state index contributed by atoms with van der Waals surface area (Å²) < 4.78 is 5.38. The van der Waals surface area contributed by atoms with Gasteiger partial charge in [-0.25, -0.2) is 4.79 Å². The molecule has 202 valence electrons. The molecule has 10 heteroatoms. The zero-order valence-electron chi connectivity index (χ0n) is 22.8. The number of ketones is 1. The van der Waals surface area contributed by atoms with E-state index in [9.17, 15) is 24.0 Å². The number of rotatable bonds is 8. The molecule has 3 aliphatic rings. The summed E-state index contributed by atoms with van der Waals surface area (Å²) in [7, 11) is 0. The molecule has 10 nitrogen and oxygen atoms in total. The summed E-state index contributed by atoms with van der Waals surface area (Å²) >= 11 is 0. The zero-order valence-corrected chi connectivity index (χ0v) is 22.8. The van der Waals surface area contributed by atoms with Crippen molar-refractivity contribution in [1.29, 1.82) is 0 Å². The van der Waals surface area contributed by atoms with Crippen molar-refractivity contribution in [2.75, 3.05) is 6.54 Å². The summed E-state index contributed by atoms with van der Waals surface area (Å²) in [6, 6.07) is -2.75. The van der Waals surface area contributed by atoms with Crippen molar-refractivity contribution in [3.8, 4) is 0 Å². The molecule has 1 aliphatic heterocycles. The van der Waals surface area contributed by atoms with Crippen LogP contribution in [0.15, 0.2) is 0 Å². The van der Waals surface area contributed by atoms with E-state index in [0.29, 0.717) is 13.0 Å². The smallest absolute Gasteiger partial charge is 0.408 e. The van der Waals surface area contributed by atoms with Crippen molar-refractivity contribution in [2.24, 2.45) is 34.3 Å². The summed E-state index contributed by atoms with van der Waals surface area (Å²) in [5.74, 6) is -2.45. The van der Waals surface area contributed by atoms with Gasteiger partial charge in [0.05, 0.1) is 6.04 Å². The number of alkyl carbamates (subject to hydrolysis) is 1. The minimum absolute atomic E-state index is 0.0890. The third-order valence-corrected chi connectivity index (χ3v) is 7.68. The standard InChI is InChI=1S/C26H42N4O6/c1-24(2,3)19(29-23(35)36-25(4,5)6)22(34)30-12-14-16(26(14,7)8)17(30)21(33)28-15(11-13-9-10-13)18(31)20(27)32/h13-17,19H,9-12H2,1-8H3,(H2,27,32)(H,28,33)(H,29,35)/t14-,15?,16?,17?,19?/m0/s1. The Hall–Kier alpha value is -2.65. The Bertz CT molecular complexity index is 943. The number of hydrogen-bond donors (Lipinski definition) is 3. The fraction of sp³-hybridized carbons (Fsp3) is 0.808. The Labute approximate surface area is 213 Å². The maximum atomic E-state index is 13.8. The number of primary amides is 1. The van der Waals surface area contributed by atoms with E-state index in [1.165, 1.54) is 4.90 Å². The molecule has 3 rings (SSSR count). The van der Waals surface area contributed by atoms with Gasteiger partial charge in [-0.15, -0.1) is 0 Å². The maximum absolute atomic E-state index is 13.8. The number of carbonyl (C=O) groups is 5. The molecule has 1 saturated heterocycles. The SMILES string of the molecule is CC(C)(C)OC(=O)NC(C(=O)N1C[C@H]2C(C1C(=O)NC(CC1CC1)C(=O)C(N)=O)C2(C)C)C(C)(C)C. The van der Waals surface area contributed by atoms with E-state index >= 15 is 0 Å². The van der Waals surface area contributed by atoms with Gasteiger partial charge in [0, 0.05) is 6.54 Å². The van der Waals surface area contributed by atoms with Gasteiger partial charge in [-0.3, -0.25) is 19.2 Å². The van der Waals surface area contributed by atoms with Crippen LogP contribution in [0, 0.1) is 28.6 Å². The van der Waals surface area contributed by atoms with Crippen LogP contribution >= 0.6 is 0 Å². The van der Waals surface area contributed by atoms with Crippen LogP contribution in [0.1, 0.15) is 74.7 Å². The maximum Gasteiger partial charge on any atom is 0.408 e. The van der Waals surface area contributed by atoms with Gasteiger partial charge in [-0.05, 0) is 55.8 Å². The van der Waals surface area contributed by atoms with Gasteiger partial charge in [0.15, 0.2) is 0 Å². The molecule has 0 aromatic carbocycles. The fourth-order valence-corrected chi connectivity index (χ4v) is 5.40. The first-order chi connectivity index (χ1) is 16.3. The van der Waals surface area contributed by atoms with Gasteiger partial charge in [0.2, 0.25) is 17.6 Å². The summed E-state index contributed by atoms with van der Waals surface area (Å²) in [4.78, 5) is 65.5. The molecule has 2 aliphatic carbocycles. The molecule has 0 bridgehead atoms. The second kappa shape index (κ2) is 9.34. The van der Waals surface area contributed by atoms with Crippen molar-refractivity contribution in [3.63, 3.8) is 0 Å². The average molecular weight is 507 g/mol. The molecule has 1 heterocycles. The summed E-state index contributed by atoms with van der Waals surface area (Å²) in [5.41, 5.74) is 3.70. The van der Waals surface area contributed by atoms with E-state index < -0.39 is 52.8 Å². The number of ether oxygens (including phenoxy) is 1. The van der Waals surface area contributed by atoms with Gasteiger partial charge in [-0.2, -0.15) is 0 Å². The third-order valence-electron chi connectivity index (χ3n) is 7.68. The highest BCUT2D eigenvalue weighted by Gasteiger charge is 2.70. The minimum atomic E-state index is -1.08. The molecule has 36 heavy (non-hydrogen) atoms. The van der Waals surface area contributed by atoms with E-state index in [1.54, 1.807) is 20.8 Å². The van der Waals surface area contributed by atoms with Crippen LogP contribution in [-0.4, -0.2) is 64.8 Å². The lowest BCUT2D eigenvalue weighted by Gasteiger charge is -2.38. The van der Waals surface area contributed by atoms with Crippen LogP contribution < -0.4 is 16.4 Å². The summed E-state index contributed by atoms with van der Waals surface area (Å²) in [6.45, 7) is 15.2. The molecular formula is C26H42N4O6. The Morgan fingerprint density at radius 1 is 1.03 bits per heavy atom. The van der Waals surface area contributed by atoms with Crippen LogP contribution in [0.5, 0.6) is 0 Å². The Balaban J connectivity index is 1.83. The van der Waals surface area contributed by atoms with Crippen molar-refractivity contribution in [2.45, 2.75) is 98.4 Å². The van der Waals surface area contributed by atoms with Crippen molar-refractivity contribution in [3.05, 3.63) is 0 Å². The molecule has 5 atom stereocenters. The van der Waals surface area contributed by atoms with E-state index in [0.717, 1.165) is 12.8 Å². The lowest BCUT2D eigenvalue weighted by Crippen LogP contribution is -2.60. The number of piperidine rings is 1. The molecule has 4 unspecified atom stereocenters. The van der Waals surface area contributed by atoms with Gasteiger partial charge in [0.1, 0.15) is 17.7 Å². The van der Waals surface area contributed by atoms with Crippen LogP contribution in [0.25, 0.3) is 0 Å². The first kappa shape index (κ1) is 27.9. The van der Waals surface area contributed by atoms with Crippen molar-refractivity contribution < 1.29 is 28.7 Å². The van der Waals surface area contributed by atoms with Crippen molar-refractivity contribution in [1.82, 2.24) is 15.5 Å². The molecule has 0 aromatic rings. The van der Waals surface area contributed by atoms with Gasteiger partial charge >= 0.3 is 6.09 Å². The molecular weight excluding hydrogens is 464 g/mol. The van der Waals surface area contributed by atoms with E-state index in [1.807, 2.05) is 20.8 Å². The van der Waals surface area contributed by atoms with Crippen LogP contribution in [-0.2, 0) is 23.9 Å². The predicted molar refractivity (Wildman–Crippen MR) is 132 cm³/mol. The molecule has 0 radical (unpaired) electrons. The van der Waals surface area contributed by atoms with E-state index in [2.05, 4.69) is 24.5 Å². The lowest BCUT2D eigenvalue weighted by molar-refractivity contribution is -0.145. The summed E-state index contributed by atoms with van der Waals surface area (Å²) in [5, 5.41) is 5.45. The molecule has 0 aromatic heterocycles. The third kappa shape index (κ3) is 6.00. The number of Topliss-reactive ketones (excluding diaryl/α,β-unsaturated/α-hetero) is 1. The molecule has 2 saturated carbocycles. The van der Waals surface area contributed by atoms with Gasteiger partial charge < -0.3 is 26.0 Å². The Kier molecular flexibility index (Phi) is 7.24. The highest BCUT2D eigenvalue weighted by atomic mass is 16.6. The zero-order chi connectivity index (χ0) is 27.4. The fourth-order valence-electron chi connectivity index (χ4n) is 5.40. The van der Waals surface area contributed by atoms with Gasteiger partial charge in [0.25, 0.3) is 5.91 Å². The first-order valence-corrected chi connectivity index (χ1v) is 12.8. The first-order valence-electron chi connectivity index (χ1n) is 12.8. The highest BCUT2D eigenvalue weighted by Crippen LogP contribution is 2.65. The van der Waals surface area contributed by atoms with E-state index in [-0.39, 0.29) is 29.1 Å². The number of amides is 4. The monoisotopic (exact) mass is 506 g/mol. The normalized spacial score (nSPS) is 26.3. The number of carbonyl (C=O) groups excluding carboxylic acids is 5. The Morgan fingerprint density at radius 3 is 2.08 bits per heavy atom. The quantitative estimate of drug-likeness (QED) is 0.427.